The third-order valence-electron chi connectivity index (χ3n) is 6.08. The van der Waals surface area contributed by atoms with Crippen LogP contribution in [0, 0.1) is 11.8 Å². The number of hydrogen-bond donors (Lipinski definition) is 0. The molecule has 1 saturated carbocycles. The molecule has 1 heteroatoms. The molecule has 0 bridgehead atoms. The molecule has 1 aromatic carbocycles. The van der Waals surface area contributed by atoms with E-state index in [9.17, 15) is 0 Å². The number of aryl methyl sites for hydroxylation is 1. The lowest BCUT2D eigenvalue weighted by molar-refractivity contribution is 0.233. The third-order valence-corrected chi connectivity index (χ3v) is 6.08. The maximum atomic E-state index is 5.39. The number of ether oxygens (including phenoxy) is 1. The van der Waals surface area contributed by atoms with E-state index in [-0.39, 0.29) is 0 Å². The summed E-state index contributed by atoms with van der Waals surface area (Å²) >= 11 is 0. The predicted molar refractivity (Wildman–Crippen MR) is 82.2 cm³/mol. The van der Waals surface area contributed by atoms with E-state index < -0.39 is 0 Å². The molecule has 1 nitrogen and oxygen atoms in total. The maximum absolute atomic E-state index is 5.39. The SMILES string of the molecule is COc1ccc2c(c1)CCC1C3CCC(C)=C3CCC21. The van der Waals surface area contributed by atoms with Gasteiger partial charge < -0.3 is 4.74 Å². The monoisotopic (exact) mass is 268 g/mol. The van der Waals surface area contributed by atoms with E-state index in [2.05, 4.69) is 25.1 Å². The topological polar surface area (TPSA) is 9.23 Å². The van der Waals surface area contributed by atoms with Gasteiger partial charge >= 0.3 is 0 Å². The number of hydrogen-bond acceptors (Lipinski definition) is 1. The predicted octanol–water partition coefficient (Wildman–Crippen LogP) is 4.86. The molecule has 0 radical (unpaired) electrons. The Bertz CT molecular complexity index is 569. The number of fused-ring (bicyclic) bond motifs is 5. The zero-order valence-electron chi connectivity index (χ0n) is 12.6. The van der Waals surface area contributed by atoms with Crippen LogP contribution < -0.4 is 4.74 Å². The second-order valence-corrected chi connectivity index (χ2v) is 6.86. The summed E-state index contributed by atoms with van der Waals surface area (Å²) in [5.74, 6) is 3.65. The largest absolute Gasteiger partial charge is 0.497 e. The van der Waals surface area contributed by atoms with Crippen LogP contribution in [0.2, 0.25) is 0 Å². The highest BCUT2D eigenvalue weighted by Crippen LogP contribution is 2.54. The van der Waals surface area contributed by atoms with Crippen molar-refractivity contribution in [2.45, 2.75) is 51.4 Å². The quantitative estimate of drug-likeness (QED) is 0.661. The van der Waals surface area contributed by atoms with Crippen molar-refractivity contribution in [2.24, 2.45) is 11.8 Å². The van der Waals surface area contributed by atoms with Gasteiger partial charge in [0.15, 0.2) is 0 Å². The van der Waals surface area contributed by atoms with E-state index in [0.29, 0.717) is 0 Å². The highest BCUT2D eigenvalue weighted by atomic mass is 16.5. The Labute approximate surface area is 122 Å². The van der Waals surface area contributed by atoms with Gasteiger partial charge in [-0.3, -0.25) is 0 Å². The molecule has 3 unspecified atom stereocenters. The fourth-order valence-electron chi connectivity index (χ4n) is 5.10. The van der Waals surface area contributed by atoms with Crippen molar-refractivity contribution >= 4 is 0 Å². The normalized spacial score (nSPS) is 31.6. The molecule has 0 aromatic heterocycles. The van der Waals surface area contributed by atoms with Gasteiger partial charge in [-0.05, 0) is 86.5 Å². The van der Waals surface area contributed by atoms with Crippen molar-refractivity contribution in [3.05, 3.63) is 40.5 Å². The Morgan fingerprint density at radius 3 is 2.70 bits per heavy atom. The molecule has 3 aliphatic rings. The summed E-state index contributed by atoms with van der Waals surface area (Å²) in [7, 11) is 1.77. The Morgan fingerprint density at radius 2 is 1.85 bits per heavy atom. The van der Waals surface area contributed by atoms with Crippen LogP contribution in [0.25, 0.3) is 0 Å². The van der Waals surface area contributed by atoms with E-state index >= 15 is 0 Å². The summed E-state index contributed by atoms with van der Waals surface area (Å²) in [5, 5.41) is 0. The van der Waals surface area contributed by atoms with Crippen LogP contribution in [0.4, 0.5) is 0 Å². The minimum absolute atomic E-state index is 0.810. The van der Waals surface area contributed by atoms with Gasteiger partial charge in [0.25, 0.3) is 0 Å². The second-order valence-electron chi connectivity index (χ2n) is 6.86. The summed E-state index contributed by atoms with van der Waals surface area (Å²) in [5.41, 5.74) is 6.73. The Balaban J connectivity index is 1.70. The van der Waals surface area contributed by atoms with Crippen LogP contribution in [0.1, 0.15) is 56.1 Å². The van der Waals surface area contributed by atoms with Crippen molar-refractivity contribution in [3.63, 3.8) is 0 Å². The van der Waals surface area contributed by atoms with Gasteiger partial charge in [0, 0.05) is 0 Å². The lowest BCUT2D eigenvalue weighted by Gasteiger charge is -2.42. The number of methoxy groups -OCH3 is 1. The zero-order chi connectivity index (χ0) is 13.7. The average Bonchev–Trinajstić information content (AvgIpc) is 2.88. The van der Waals surface area contributed by atoms with E-state index in [0.717, 1.165) is 23.5 Å². The fraction of sp³-hybridized carbons (Fsp3) is 0.579. The molecule has 1 fully saturated rings. The summed E-state index contributed by atoms with van der Waals surface area (Å²) in [6.07, 6.45) is 8.13. The second kappa shape index (κ2) is 4.65. The Hall–Kier alpha value is -1.24. The minimum Gasteiger partial charge on any atom is -0.497 e. The van der Waals surface area contributed by atoms with E-state index in [1.54, 1.807) is 23.8 Å². The van der Waals surface area contributed by atoms with Crippen LogP contribution in [-0.4, -0.2) is 7.11 Å². The minimum atomic E-state index is 0.810. The number of rotatable bonds is 1. The Morgan fingerprint density at radius 1 is 1.00 bits per heavy atom. The van der Waals surface area contributed by atoms with Crippen LogP contribution in [-0.2, 0) is 6.42 Å². The van der Waals surface area contributed by atoms with Crippen molar-refractivity contribution < 1.29 is 4.74 Å². The summed E-state index contributed by atoms with van der Waals surface area (Å²) in [4.78, 5) is 0. The smallest absolute Gasteiger partial charge is 0.119 e. The molecule has 20 heavy (non-hydrogen) atoms. The first-order chi connectivity index (χ1) is 9.78. The van der Waals surface area contributed by atoms with Gasteiger partial charge in [0.05, 0.1) is 7.11 Å². The van der Waals surface area contributed by atoms with Crippen molar-refractivity contribution in [3.8, 4) is 5.75 Å². The summed E-state index contributed by atoms with van der Waals surface area (Å²) in [6, 6.07) is 6.78. The maximum Gasteiger partial charge on any atom is 0.119 e. The van der Waals surface area contributed by atoms with Gasteiger partial charge in [-0.15, -0.1) is 0 Å². The van der Waals surface area contributed by atoms with Crippen molar-refractivity contribution in [1.82, 2.24) is 0 Å². The van der Waals surface area contributed by atoms with Gasteiger partial charge in [-0.25, -0.2) is 0 Å². The molecular formula is C19H24O. The van der Waals surface area contributed by atoms with Gasteiger partial charge in [0.1, 0.15) is 5.75 Å². The first kappa shape index (κ1) is 12.5. The molecule has 0 spiro atoms. The van der Waals surface area contributed by atoms with Crippen LogP contribution in [0.15, 0.2) is 29.3 Å². The highest BCUT2D eigenvalue weighted by molar-refractivity contribution is 5.42. The van der Waals surface area contributed by atoms with E-state index in [1.165, 1.54) is 38.5 Å². The number of allylic oxidation sites excluding steroid dienone is 2. The molecule has 0 amide bonds. The Kier molecular flexibility index (Phi) is 2.90. The molecule has 0 N–H and O–H groups in total. The molecule has 0 heterocycles. The molecule has 1 aromatic rings. The van der Waals surface area contributed by atoms with Crippen molar-refractivity contribution in [1.29, 1.82) is 0 Å². The van der Waals surface area contributed by atoms with Gasteiger partial charge in [0.2, 0.25) is 0 Å². The lowest BCUT2D eigenvalue weighted by Crippen LogP contribution is -2.31. The summed E-state index contributed by atoms with van der Waals surface area (Å²) in [6.45, 7) is 2.37. The molecule has 0 saturated heterocycles. The third kappa shape index (κ3) is 1.75. The van der Waals surface area contributed by atoms with Crippen LogP contribution >= 0.6 is 0 Å². The molecule has 3 aliphatic carbocycles. The fourth-order valence-corrected chi connectivity index (χ4v) is 5.10. The van der Waals surface area contributed by atoms with Gasteiger partial charge in [-0.2, -0.15) is 0 Å². The van der Waals surface area contributed by atoms with Crippen LogP contribution in [0.3, 0.4) is 0 Å². The highest BCUT2D eigenvalue weighted by Gasteiger charge is 2.41. The molecular weight excluding hydrogens is 244 g/mol. The van der Waals surface area contributed by atoms with Crippen molar-refractivity contribution in [2.75, 3.05) is 7.11 Å². The standard InChI is InChI=1S/C19H24O/c1-12-3-6-17-15(12)9-10-18-16-8-5-14(20-2)11-13(16)4-7-19(17)18/h5,8,11,17-19H,3-4,6-7,9-10H2,1-2H3. The average molecular weight is 268 g/mol. The lowest BCUT2D eigenvalue weighted by atomic mass is 9.62. The zero-order valence-corrected chi connectivity index (χ0v) is 12.6. The first-order valence-electron chi connectivity index (χ1n) is 8.13. The number of benzene rings is 1. The van der Waals surface area contributed by atoms with Crippen LogP contribution in [0.5, 0.6) is 5.75 Å². The molecule has 0 aliphatic heterocycles. The first-order valence-corrected chi connectivity index (χ1v) is 8.13. The molecule has 4 rings (SSSR count). The van der Waals surface area contributed by atoms with E-state index in [1.807, 2.05) is 5.57 Å². The van der Waals surface area contributed by atoms with E-state index in [4.69, 9.17) is 4.74 Å². The van der Waals surface area contributed by atoms with Gasteiger partial charge in [-0.1, -0.05) is 17.2 Å². The molecule has 106 valence electrons. The summed E-state index contributed by atoms with van der Waals surface area (Å²) < 4.78 is 5.39. The molecule has 3 atom stereocenters.